The number of hydrogen-bond acceptors (Lipinski definition) is 2. The lowest BCUT2D eigenvalue weighted by Gasteiger charge is -2.22. The standard InChI is InChI=1S/C22H28O2/c1-16(17-8-12-19(13-9-17)23-21(2,3)4)18-10-14-20(15-11-18)24-22(5,6)7/h8-15H,1H2,2-7H3. The van der Waals surface area contributed by atoms with Gasteiger partial charge in [0.1, 0.15) is 22.7 Å². The van der Waals surface area contributed by atoms with Gasteiger partial charge in [-0.25, -0.2) is 0 Å². The summed E-state index contributed by atoms with van der Waals surface area (Å²) in [6, 6.07) is 16.1. The normalized spacial score (nSPS) is 11.9. The van der Waals surface area contributed by atoms with Crippen LogP contribution in [-0.4, -0.2) is 11.2 Å². The molecule has 2 rings (SSSR count). The third-order valence-corrected chi connectivity index (χ3v) is 3.25. The second kappa shape index (κ2) is 6.72. The summed E-state index contributed by atoms with van der Waals surface area (Å²) in [5.74, 6) is 1.74. The zero-order valence-electron chi connectivity index (χ0n) is 15.6. The number of rotatable bonds is 4. The van der Waals surface area contributed by atoms with Crippen molar-refractivity contribution in [2.24, 2.45) is 0 Å². The Morgan fingerprint density at radius 1 is 0.625 bits per heavy atom. The van der Waals surface area contributed by atoms with E-state index in [4.69, 9.17) is 9.47 Å². The van der Waals surface area contributed by atoms with E-state index in [9.17, 15) is 0 Å². The Labute approximate surface area is 146 Å². The lowest BCUT2D eigenvalue weighted by atomic mass is 9.99. The van der Waals surface area contributed by atoms with E-state index in [0.717, 1.165) is 28.2 Å². The summed E-state index contributed by atoms with van der Waals surface area (Å²) in [5, 5.41) is 0. The van der Waals surface area contributed by atoms with Gasteiger partial charge in [0.05, 0.1) is 0 Å². The minimum absolute atomic E-state index is 0.193. The highest BCUT2D eigenvalue weighted by molar-refractivity contribution is 5.78. The number of ether oxygens (including phenoxy) is 2. The molecule has 0 spiro atoms. The Bertz CT molecular complexity index is 619. The topological polar surface area (TPSA) is 18.5 Å². The molecule has 0 unspecified atom stereocenters. The smallest absolute Gasteiger partial charge is 0.120 e. The summed E-state index contributed by atoms with van der Waals surface area (Å²) >= 11 is 0. The van der Waals surface area contributed by atoms with Crippen LogP contribution in [0.15, 0.2) is 55.1 Å². The van der Waals surface area contributed by atoms with Gasteiger partial charge >= 0.3 is 0 Å². The summed E-state index contributed by atoms with van der Waals surface area (Å²) in [4.78, 5) is 0. The van der Waals surface area contributed by atoms with Gasteiger partial charge in [-0.2, -0.15) is 0 Å². The van der Waals surface area contributed by atoms with E-state index >= 15 is 0 Å². The molecule has 0 atom stereocenters. The van der Waals surface area contributed by atoms with Gasteiger partial charge in [-0.05, 0) is 82.5 Å². The molecule has 0 bridgehead atoms. The Morgan fingerprint density at radius 3 is 1.17 bits per heavy atom. The maximum absolute atomic E-state index is 5.86. The molecule has 0 saturated carbocycles. The summed E-state index contributed by atoms with van der Waals surface area (Å²) in [5.41, 5.74) is 2.77. The second-order valence-corrected chi connectivity index (χ2v) is 7.96. The first-order valence-corrected chi connectivity index (χ1v) is 8.31. The van der Waals surface area contributed by atoms with Crippen molar-refractivity contribution >= 4 is 5.57 Å². The zero-order chi connectivity index (χ0) is 18.0. The van der Waals surface area contributed by atoms with Crippen LogP contribution in [0.4, 0.5) is 0 Å². The van der Waals surface area contributed by atoms with Crippen molar-refractivity contribution in [3.63, 3.8) is 0 Å². The fourth-order valence-corrected chi connectivity index (χ4v) is 2.32. The SMILES string of the molecule is C=C(c1ccc(OC(C)(C)C)cc1)c1ccc(OC(C)(C)C)cc1. The molecule has 0 aliphatic heterocycles. The number of hydrogen-bond donors (Lipinski definition) is 0. The third-order valence-electron chi connectivity index (χ3n) is 3.25. The molecular weight excluding hydrogens is 296 g/mol. The zero-order valence-corrected chi connectivity index (χ0v) is 15.6. The summed E-state index contributed by atoms with van der Waals surface area (Å²) < 4.78 is 11.7. The van der Waals surface area contributed by atoms with Crippen molar-refractivity contribution in [2.45, 2.75) is 52.7 Å². The van der Waals surface area contributed by atoms with Gasteiger partial charge < -0.3 is 9.47 Å². The van der Waals surface area contributed by atoms with Crippen molar-refractivity contribution in [3.05, 3.63) is 66.2 Å². The van der Waals surface area contributed by atoms with E-state index in [2.05, 4.69) is 6.58 Å². The van der Waals surface area contributed by atoms with Crippen molar-refractivity contribution in [2.75, 3.05) is 0 Å². The van der Waals surface area contributed by atoms with Gasteiger partial charge in [0.2, 0.25) is 0 Å². The van der Waals surface area contributed by atoms with Crippen LogP contribution in [0.2, 0.25) is 0 Å². The Hall–Kier alpha value is -2.22. The molecule has 2 aromatic rings. The van der Waals surface area contributed by atoms with Gasteiger partial charge in [-0.3, -0.25) is 0 Å². The summed E-state index contributed by atoms with van der Waals surface area (Å²) in [7, 11) is 0. The average molecular weight is 324 g/mol. The van der Waals surface area contributed by atoms with Crippen LogP contribution in [0, 0.1) is 0 Å². The maximum Gasteiger partial charge on any atom is 0.120 e. The Balaban J connectivity index is 2.11. The van der Waals surface area contributed by atoms with E-state index < -0.39 is 0 Å². The van der Waals surface area contributed by atoms with Crippen molar-refractivity contribution in [1.82, 2.24) is 0 Å². The quantitative estimate of drug-likeness (QED) is 0.676. The lowest BCUT2D eigenvalue weighted by Crippen LogP contribution is -2.22. The summed E-state index contributed by atoms with van der Waals surface area (Å²) in [6.45, 7) is 16.5. The molecule has 2 aromatic carbocycles. The Kier molecular flexibility index (Phi) is 5.08. The minimum Gasteiger partial charge on any atom is -0.488 e. The molecule has 0 radical (unpaired) electrons. The lowest BCUT2D eigenvalue weighted by molar-refractivity contribution is 0.130. The average Bonchev–Trinajstić information content (AvgIpc) is 2.45. The second-order valence-electron chi connectivity index (χ2n) is 7.96. The molecule has 0 saturated heterocycles. The third kappa shape index (κ3) is 5.45. The van der Waals surface area contributed by atoms with Gasteiger partial charge in [0.25, 0.3) is 0 Å². The molecule has 2 heteroatoms. The molecule has 2 nitrogen and oxygen atoms in total. The van der Waals surface area contributed by atoms with E-state index in [0.29, 0.717) is 0 Å². The highest BCUT2D eigenvalue weighted by Crippen LogP contribution is 2.27. The van der Waals surface area contributed by atoms with Crippen LogP contribution in [-0.2, 0) is 0 Å². The van der Waals surface area contributed by atoms with Crippen molar-refractivity contribution in [3.8, 4) is 11.5 Å². The molecule has 0 fully saturated rings. The fourth-order valence-electron chi connectivity index (χ4n) is 2.32. The van der Waals surface area contributed by atoms with E-state index in [1.165, 1.54) is 0 Å². The van der Waals surface area contributed by atoms with Crippen LogP contribution < -0.4 is 9.47 Å². The molecule has 0 heterocycles. The first-order valence-electron chi connectivity index (χ1n) is 8.31. The largest absolute Gasteiger partial charge is 0.488 e. The summed E-state index contributed by atoms with van der Waals surface area (Å²) in [6.07, 6.45) is 0. The molecule has 0 N–H and O–H groups in total. The van der Waals surface area contributed by atoms with Crippen LogP contribution >= 0.6 is 0 Å². The van der Waals surface area contributed by atoms with Gasteiger partial charge in [0, 0.05) is 0 Å². The fraction of sp³-hybridized carbons (Fsp3) is 0.364. The molecule has 0 amide bonds. The highest BCUT2D eigenvalue weighted by atomic mass is 16.5. The van der Waals surface area contributed by atoms with E-state index in [1.54, 1.807) is 0 Å². The maximum atomic E-state index is 5.86. The Morgan fingerprint density at radius 2 is 0.917 bits per heavy atom. The molecule has 128 valence electrons. The van der Waals surface area contributed by atoms with Gasteiger partial charge in [-0.1, -0.05) is 30.8 Å². The van der Waals surface area contributed by atoms with Gasteiger partial charge in [0.15, 0.2) is 0 Å². The molecule has 0 aliphatic rings. The van der Waals surface area contributed by atoms with Crippen molar-refractivity contribution < 1.29 is 9.47 Å². The monoisotopic (exact) mass is 324 g/mol. The van der Waals surface area contributed by atoms with Crippen LogP contribution in [0.3, 0.4) is 0 Å². The molecular formula is C22H28O2. The van der Waals surface area contributed by atoms with Crippen molar-refractivity contribution in [1.29, 1.82) is 0 Å². The predicted molar refractivity (Wildman–Crippen MR) is 102 cm³/mol. The molecule has 0 aromatic heterocycles. The molecule has 0 aliphatic carbocycles. The minimum atomic E-state index is -0.193. The van der Waals surface area contributed by atoms with Crippen LogP contribution in [0.25, 0.3) is 5.57 Å². The highest BCUT2D eigenvalue weighted by Gasteiger charge is 2.13. The van der Waals surface area contributed by atoms with Gasteiger partial charge in [-0.15, -0.1) is 0 Å². The van der Waals surface area contributed by atoms with Crippen LogP contribution in [0.5, 0.6) is 11.5 Å². The number of benzene rings is 2. The first kappa shape index (κ1) is 18.1. The first-order chi connectivity index (χ1) is 11.0. The van der Waals surface area contributed by atoms with Crippen LogP contribution in [0.1, 0.15) is 52.7 Å². The van der Waals surface area contributed by atoms with E-state index in [1.807, 2.05) is 90.1 Å². The predicted octanol–water partition coefficient (Wildman–Crippen LogP) is 6.10. The van der Waals surface area contributed by atoms with E-state index in [-0.39, 0.29) is 11.2 Å². The molecule has 24 heavy (non-hydrogen) atoms.